The summed E-state index contributed by atoms with van der Waals surface area (Å²) in [7, 11) is 0. The first-order valence-electron chi connectivity index (χ1n) is 8.05. The number of piperidine rings is 1. The molecule has 3 rings (SSSR count). The van der Waals surface area contributed by atoms with Crippen molar-refractivity contribution in [2.24, 2.45) is 5.92 Å². The Kier molecular flexibility index (Phi) is 5.34. The third-order valence-corrected chi connectivity index (χ3v) is 4.57. The summed E-state index contributed by atoms with van der Waals surface area (Å²) >= 11 is 5.99. The Morgan fingerprint density at radius 2 is 1.68 bits per heavy atom. The normalized spacial score (nSPS) is 15.0. The number of para-hydroxylation sites is 1. The maximum Gasteiger partial charge on any atom is 0.314 e. The molecule has 0 bridgehead atoms. The lowest BCUT2D eigenvalue weighted by Crippen LogP contribution is -2.41. The van der Waals surface area contributed by atoms with Gasteiger partial charge >= 0.3 is 5.97 Å². The monoisotopic (exact) mass is 361 g/mol. The average Bonchev–Trinajstić information content (AvgIpc) is 2.64. The number of benzene rings is 2. The van der Waals surface area contributed by atoms with Crippen LogP contribution in [0, 0.1) is 11.7 Å². The standard InChI is InChI=1S/C19H17ClFNO3/c20-16-3-1-2-4-17(16)25-19(24)14-9-11-22(12-10-14)18(23)13-5-7-15(21)8-6-13/h1-8,14H,9-12H2. The summed E-state index contributed by atoms with van der Waals surface area (Å²) in [5.74, 6) is -0.787. The van der Waals surface area contributed by atoms with Crippen LogP contribution in [-0.2, 0) is 4.79 Å². The van der Waals surface area contributed by atoms with Gasteiger partial charge in [0.2, 0.25) is 0 Å². The van der Waals surface area contributed by atoms with Crippen molar-refractivity contribution in [2.75, 3.05) is 13.1 Å². The average molecular weight is 362 g/mol. The first kappa shape index (κ1) is 17.4. The number of hydrogen-bond donors (Lipinski definition) is 0. The van der Waals surface area contributed by atoms with Crippen LogP contribution in [0.25, 0.3) is 0 Å². The molecule has 1 heterocycles. The van der Waals surface area contributed by atoms with Gasteiger partial charge in [0, 0.05) is 18.7 Å². The summed E-state index contributed by atoms with van der Waals surface area (Å²) in [5, 5.41) is 0.389. The molecule has 0 N–H and O–H groups in total. The van der Waals surface area contributed by atoms with Gasteiger partial charge in [-0.2, -0.15) is 0 Å². The largest absolute Gasteiger partial charge is 0.425 e. The zero-order valence-electron chi connectivity index (χ0n) is 13.5. The van der Waals surface area contributed by atoms with E-state index in [1.165, 1.54) is 24.3 Å². The van der Waals surface area contributed by atoms with E-state index < -0.39 is 0 Å². The third-order valence-electron chi connectivity index (χ3n) is 4.25. The molecule has 1 fully saturated rings. The van der Waals surface area contributed by atoms with Crippen molar-refractivity contribution in [1.82, 2.24) is 4.90 Å². The summed E-state index contributed by atoms with van der Waals surface area (Å²) in [4.78, 5) is 26.3. The molecule has 0 atom stereocenters. The van der Waals surface area contributed by atoms with Crippen LogP contribution in [0.2, 0.25) is 5.02 Å². The van der Waals surface area contributed by atoms with Crippen LogP contribution in [0.5, 0.6) is 5.75 Å². The third kappa shape index (κ3) is 4.17. The van der Waals surface area contributed by atoms with Crippen LogP contribution in [0.3, 0.4) is 0 Å². The number of nitrogens with zero attached hydrogens (tertiary/aromatic N) is 1. The van der Waals surface area contributed by atoms with Gasteiger partial charge in [-0.3, -0.25) is 9.59 Å². The molecule has 1 saturated heterocycles. The Labute approximate surface area is 150 Å². The van der Waals surface area contributed by atoms with Crippen LogP contribution >= 0.6 is 11.6 Å². The molecule has 0 radical (unpaired) electrons. The second kappa shape index (κ2) is 7.66. The highest BCUT2D eigenvalue weighted by Gasteiger charge is 2.29. The van der Waals surface area contributed by atoms with Gasteiger partial charge in [0.05, 0.1) is 10.9 Å². The quantitative estimate of drug-likeness (QED) is 0.614. The lowest BCUT2D eigenvalue weighted by atomic mass is 9.96. The summed E-state index contributed by atoms with van der Waals surface area (Å²) in [6.07, 6.45) is 1.05. The number of ether oxygens (including phenoxy) is 1. The van der Waals surface area contributed by atoms with Gasteiger partial charge in [-0.25, -0.2) is 4.39 Å². The molecule has 1 aliphatic rings. The van der Waals surface area contributed by atoms with Gasteiger partial charge < -0.3 is 9.64 Å². The minimum atomic E-state index is -0.377. The smallest absolute Gasteiger partial charge is 0.314 e. The van der Waals surface area contributed by atoms with E-state index in [4.69, 9.17) is 16.3 Å². The number of carbonyl (C=O) groups excluding carboxylic acids is 2. The molecule has 6 heteroatoms. The fourth-order valence-corrected chi connectivity index (χ4v) is 2.99. The number of halogens is 2. The van der Waals surface area contributed by atoms with Gasteiger partial charge in [0.1, 0.15) is 11.6 Å². The lowest BCUT2D eigenvalue weighted by Gasteiger charge is -2.31. The van der Waals surface area contributed by atoms with E-state index in [1.54, 1.807) is 29.2 Å². The molecule has 25 heavy (non-hydrogen) atoms. The minimum Gasteiger partial charge on any atom is -0.425 e. The predicted molar refractivity (Wildman–Crippen MR) is 92.1 cm³/mol. The zero-order valence-corrected chi connectivity index (χ0v) is 14.2. The van der Waals surface area contributed by atoms with Gasteiger partial charge in [-0.15, -0.1) is 0 Å². The Morgan fingerprint density at radius 3 is 2.32 bits per heavy atom. The van der Waals surface area contributed by atoms with Crippen LogP contribution in [0.1, 0.15) is 23.2 Å². The van der Waals surface area contributed by atoms with Gasteiger partial charge in [0.25, 0.3) is 5.91 Å². The molecular weight excluding hydrogens is 345 g/mol. The van der Waals surface area contributed by atoms with Crippen LogP contribution in [0.4, 0.5) is 4.39 Å². The number of amides is 1. The SMILES string of the molecule is O=C(Oc1ccccc1Cl)C1CCN(C(=O)c2ccc(F)cc2)CC1. The minimum absolute atomic E-state index is 0.155. The Hall–Kier alpha value is -2.40. The van der Waals surface area contributed by atoms with E-state index in [0.717, 1.165) is 0 Å². The van der Waals surface area contributed by atoms with Crippen molar-refractivity contribution in [3.8, 4) is 5.75 Å². The van der Waals surface area contributed by atoms with Crippen LogP contribution < -0.4 is 4.74 Å². The molecule has 0 aromatic heterocycles. The fourth-order valence-electron chi connectivity index (χ4n) is 2.81. The summed E-state index contributed by atoms with van der Waals surface area (Å²) in [6, 6.07) is 12.3. The van der Waals surface area contributed by atoms with E-state index in [9.17, 15) is 14.0 Å². The van der Waals surface area contributed by atoms with Gasteiger partial charge in [-0.1, -0.05) is 23.7 Å². The zero-order chi connectivity index (χ0) is 17.8. The molecule has 2 aromatic carbocycles. The van der Waals surface area contributed by atoms with E-state index in [0.29, 0.717) is 42.3 Å². The molecule has 4 nitrogen and oxygen atoms in total. The molecule has 0 saturated carbocycles. The summed E-state index contributed by atoms with van der Waals surface area (Å²) < 4.78 is 18.3. The van der Waals surface area contributed by atoms with Crippen molar-refractivity contribution in [3.63, 3.8) is 0 Å². The van der Waals surface area contributed by atoms with Crippen LogP contribution in [-0.4, -0.2) is 29.9 Å². The topological polar surface area (TPSA) is 46.6 Å². The van der Waals surface area contributed by atoms with Crippen molar-refractivity contribution in [2.45, 2.75) is 12.8 Å². The molecule has 2 aromatic rings. The number of hydrogen-bond acceptors (Lipinski definition) is 3. The van der Waals surface area contributed by atoms with Crippen molar-refractivity contribution in [1.29, 1.82) is 0 Å². The predicted octanol–water partition coefficient (Wildman–Crippen LogP) is 3.94. The molecule has 1 amide bonds. The Morgan fingerprint density at radius 1 is 1.04 bits per heavy atom. The second-order valence-corrected chi connectivity index (χ2v) is 6.33. The molecule has 130 valence electrons. The van der Waals surface area contributed by atoms with E-state index >= 15 is 0 Å². The molecule has 1 aliphatic heterocycles. The number of carbonyl (C=O) groups is 2. The fraction of sp³-hybridized carbons (Fsp3) is 0.263. The van der Waals surface area contributed by atoms with Crippen molar-refractivity contribution >= 4 is 23.5 Å². The van der Waals surface area contributed by atoms with Crippen LogP contribution in [0.15, 0.2) is 48.5 Å². The molecule has 0 unspecified atom stereocenters. The summed E-state index contributed by atoms with van der Waals surface area (Å²) in [5.41, 5.74) is 0.443. The van der Waals surface area contributed by atoms with E-state index in [2.05, 4.69) is 0 Å². The maximum absolute atomic E-state index is 13.0. The molecular formula is C19H17ClFNO3. The highest BCUT2D eigenvalue weighted by Crippen LogP contribution is 2.26. The number of rotatable bonds is 3. The first-order chi connectivity index (χ1) is 12.0. The van der Waals surface area contributed by atoms with E-state index in [-0.39, 0.29) is 23.6 Å². The van der Waals surface area contributed by atoms with E-state index in [1.807, 2.05) is 0 Å². The highest BCUT2D eigenvalue weighted by atomic mass is 35.5. The maximum atomic E-state index is 13.0. The summed E-state index contributed by atoms with van der Waals surface area (Å²) in [6.45, 7) is 0.914. The number of likely N-dealkylation sites (tertiary alicyclic amines) is 1. The highest BCUT2D eigenvalue weighted by molar-refractivity contribution is 6.32. The number of esters is 1. The van der Waals surface area contributed by atoms with Gasteiger partial charge in [0.15, 0.2) is 0 Å². The van der Waals surface area contributed by atoms with Gasteiger partial charge in [-0.05, 0) is 49.2 Å². The Balaban J connectivity index is 1.56. The van der Waals surface area contributed by atoms with Crippen molar-refractivity contribution in [3.05, 3.63) is 64.9 Å². The molecule has 0 aliphatic carbocycles. The van der Waals surface area contributed by atoms with Crippen molar-refractivity contribution < 1.29 is 18.7 Å². The molecule has 0 spiro atoms. The first-order valence-corrected chi connectivity index (χ1v) is 8.43. The Bertz CT molecular complexity index is 770. The lowest BCUT2D eigenvalue weighted by molar-refractivity contribution is -0.140. The second-order valence-electron chi connectivity index (χ2n) is 5.92.